The highest BCUT2D eigenvalue weighted by molar-refractivity contribution is 7.86. The third-order valence-corrected chi connectivity index (χ3v) is 11.0. The summed E-state index contributed by atoms with van der Waals surface area (Å²) in [7, 11) is -4.46. The van der Waals surface area contributed by atoms with Gasteiger partial charge in [0.1, 0.15) is 11.5 Å². The van der Waals surface area contributed by atoms with Crippen LogP contribution >= 0.6 is 0 Å². The Kier molecular flexibility index (Phi) is 14.0. The van der Waals surface area contributed by atoms with Crippen LogP contribution < -0.4 is 19.8 Å². The van der Waals surface area contributed by atoms with Gasteiger partial charge in [0.2, 0.25) is 11.9 Å². The molecular formula is C44H40F2N10O10S2. The Morgan fingerprint density at radius 1 is 0.618 bits per heavy atom. The van der Waals surface area contributed by atoms with Gasteiger partial charge in [-0.25, -0.2) is 20.0 Å². The maximum Gasteiger partial charge on any atom is 0.306 e. The topological polar surface area (TPSA) is 293 Å². The zero-order chi connectivity index (χ0) is 49.8. The number of benzene rings is 2. The Morgan fingerprint density at radius 3 is 1.24 bits per heavy atom. The van der Waals surface area contributed by atoms with Gasteiger partial charge >= 0.3 is 20.2 Å². The molecule has 4 aromatic heterocycles. The Bertz CT molecular complexity index is 3010. The van der Waals surface area contributed by atoms with Crippen LogP contribution in [0.25, 0.3) is 22.3 Å². The van der Waals surface area contributed by atoms with Gasteiger partial charge in [-0.1, -0.05) is 24.3 Å². The van der Waals surface area contributed by atoms with Gasteiger partial charge in [-0.3, -0.25) is 34.2 Å². The second-order valence-corrected chi connectivity index (χ2v) is 18.0. The van der Waals surface area contributed by atoms with E-state index in [0.717, 1.165) is 19.4 Å². The molecule has 5 N–H and O–H groups in total. The molecule has 6 aromatic rings. The van der Waals surface area contributed by atoms with Crippen LogP contribution in [0, 0.1) is 11.9 Å². The summed E-state index contributed by atoms with van der Waals surface area (Å²) >= 11 is 0. The predicted molar refractivity (Wildman–Crippen MR) is 242 cm³/mol. The van der Waals surface area contributed by atoms with Crippen LogP contribution in [0.4, 0.5) is 8.78 Å². The lowest BCUT2D eigenvalue weighted by atomic mass is 9.83. The van der Waals surface area contributed by atoms with E-state index in [1.165, 1.54) is 110 Å². The van der Waals surface area contributed by atoms with Crippen LogP contribution in [0.2, 0.25) is 0 Å². The van der Waals surface area contributed by atoms with Crippen LogP contribution in [0.1, 0.15) is 29.2 Å². The smallest absolute Gasteiger partial charge is 0.306 e. The molecule has 0 bridgehead atoms. The highest BCUT2D eigenvalue weighted by Gasteiger charge is 2.51. The molecule has 352 valence electrons. The molecule has 2 aliphatic heterocycles. The maximum absolute atomic E-state index is 14.3. The van der Waals surface area contributed by atoms with Crippen molar-refractivity contribution in [2.24, 2.45) is 21.5 Å². The number of guanidine groups is 2. The standard InChI is InChI=1S/2C21H18FN5O4S.C2H4O2/c2*1-27-19(28)21(26-20(27)23,14-5-7-16(8-6-14)31-32(2,29)30)15-10-13(11-24-12-15)17-4-3-9-25-18(17)22;1-2(3)4/h2*3-12H,1-2H3,(H2,23,26);1H3,(H,3,4). The first-order valence-corrected chi connectivity index (χ1v) is 23.2. The van der Waals surface area contributed by atoms with Crippen LogP contribution in [-0.2, 0) is 45.7 Å². The molecule has 2 amide bonds. The molecule has 24 heteroatoms. The van der Waals surface area contributed by atoms with Crippen LogP contribution in [0.15, 0.2) is 132 Å². The van der Waals surface area contributed by atoms with Gasteiger partial charge in [0.05, 0.1) is 12.5 Å². The van der Waals surface area contributed by atoms with E-state index >= 15 is 0 Å². The van der Waals surface area contributed by atoms with Crippen LogP contribution in [0.3, 0.4) is 0 Å². The van der Waals surface area contributed by atoms with Crippen molar-refractivity contribution in [1.82, 2.24) is 29.7 Å². The van der Waals surface area contributed by atoms with Crippen molar-refractivity contribution in [3.05, 3.63) is 156 Å². The molecule has 0 radical (unpaired) electrons. The van der Waals surface area contributed by atoms with Crippen LogP contribution in [-0.4, -0.2) is 108 Å². The van der Waals surface area contributed by atoms with E-state index in [1.54, 1.807) is 36.4 Å². The first-order chi connectivity index (χ1) is 32.0. The Balaban J connectivity index is 0.000000208. The molecule has 2 atom stereocenters. The number of nitrogens with zero attached hydrogens (tertiary/aromatic N) is 8. The molecule has 8 rings (SSSR count). The fourth-order valence-corrected chi connectivity index (χ4v) is 7.92. The lowest BCUT2D eigenvalue weighted by Crippen LogP contribution is -2.41. The van der Waals surface area contributed by atoms with Gasteiger partial charge in [-0.05, 0) is 71.8 Å². The van der Waals surface area contributed by atoms with Gasteiger partial charge < -0.3 is 24.9 Å². The second-order valence-electron chi connectivity index (χ2n) is 14.8. The molecule has 2 aliphatic rings. The average molecular weight is 971 g/mol. The molecule has 0 fully saturated rings. The summed E-state index contributed by atoms with van der Waals surface area (Å²) in [6.45, 7) is 1.08. The van der Waals surface area contributed by atoms with Crippen molar-refractivity contribution in [2.45, 2.75) is 18.0 Å². The number of aromatic nitrogens is 4. The molecule has 0 aliphatic carbocycles. The van der Waals surface area contributed by atoms with E-state index < -0.39 is 61.0 Å². The number of carboxylic acid groups (broad SMARTS) is 1. The Hall–Kier alpha value is -8.25. The summed E-state index contributed by atoms with van der Waals surface area (Å²) in [6, 6.07) is 21.2. The highest BCUT2D eigenvalue weighted by Crippen LogP contribution is 2.42. The monoisotopic (exact) mass is 970 g/mol. The SMILES string of the molecule is CC(=O)O.CN1C(=O)C(c2ccc(OS(C)(=O)=O)cc2)(c2cncc(-c3cccnc3F)c2)N=C1N.CN1C(=O)C(c2ccc(OS(C)(=O)=O)cc2)(c2cncc(-c3cccnc3F)c2)N=C1N. The van der Waals surface area contributed by atoms with Gasteiger partial charge in [0.15, 0.2) is 23.0 Å². The van der Waals surface area contributed by atoms with Crippen molar-refractivity contribution < 1.29 is 53.5 Å². The molecular weight excluding hydrogens is 931 g/mol. The summed E-state index contributed by atoms with van der Waals surface area (Å²) in [4.78, 5) is 62.7. The van der Waals surface area contributed by atoms with Crippen molar-refractivity contribution >= 4 is 49.9 Å². The number of nitrogens with two attached hydrogens (primary N) is 2. The normalized spacial score (nSPS) is 17.8. The number of amides is 2. The fraction of sp³-hybridized carbons (Fsp3) is 0.159. The third kappa shape index (κ3) is 10.4. The highest BCUT2D eigenvalue weighted by atomic mass is 32.2. The van der Waals surface area contributed by atoms with Gasteiger partial charge in [0, 0.05) is 91.6 Å². The van der Waals surface area contributed by atoms with E-state index in [9.17, 15) is 35.2 Å². The molecule has 6 heterocycles. The van der Waals surface area contributed by atoms with E-state index in [0.29, 0.717) is 33.4 Å². The van der Waals surface area contributed by atoms with E-state index in [4.69, 9.17) is 29.7 Å². The van der Waals surface area contributed by atoms with Crippen molar-refractivity contribution in [3.63, 3.8) is 0 Å². The van der Waals surface area contributed by atoms with Crippen LogP contribution in [0.5, 0.6) is 11.5 Å². The number of aliphatic imine (C=N–C) groups is 2. The summed E-state index contributed by atoms with van der Waals surface area (Å²) in [5, 5.41) is 7.42. The second kappa shape index (κ2) is 19.3. The molecule has 0 spiro atoms. The number of pyridine rings is 4. The van der Waals surface area contributed by atoms with E-state index in [2.05, 4.69) is 29.9 Å². The summed E-state index contributed by atoms with van der Waals surface area (Å²) in [5.41, 5.74) is 11.5. The zero-order valence-electron chi connectivity index (χ0n) is 36.5. The van der Waals surface area contributed by atoms with E-state index in [1.807, 2.05) is 0 Å². The maximum atomic E-state index is 14.3. The zero-order valence-corrected chi connectivity index (χ0v) is 38.1. The number of aliphatic carboxylic acids is 1. The number of carbonyl (C=O) groups excluding carboxylic acids is 2. The summed E-state index contributed by atoms with van der Waals surface area (Å²) in [6.07, 6.45) is 10.3. The van der Waals surface area contributed by atoms with Crippen molar-refractivity contribution in [2.75, 3.05) is 26.6 Å². The lowest BCUT2D eigenvalue weighted by molar-refractivity contribution is -0.134. The Labute approximate surface area is 387 Å². The summed E-state index contributed by atoms with van der Waals surface area (Å²) in [5.74, 6) is -2.96. The largest absolute Gasteiger partial charge is 0.481 e. The number of halogens is 2. The first kappa shape index (κ1) is 49.2. The van der Waals surface area contributed by atoms with Gasteiger partial charge in [0.25, 0.3) is 17.8 Å². The number of hydrogen-bond acceptors (Lipinski definition) is 17. The van der Waals surface area contributed by atoms with Crippen molar-refractivity contribution in [1.29, 1.82) is 0 Å². The molecule has 2 unspecified atom stereocenters. The third-order valence-electron chi connectivity index (χ3n) is 9.97. The van der Waals surface area contributed by atoms with Gasteiger partial charge in [-0.2, -0.15) is 25.6 Å². The minimum atomic E-state index is -3.72. The van der Waals surface area contributed by atoms with E-state index in [-0.39, 0.29) is 34.5 Å². The minimum Gasteiger partial charge on any atom is -0.481 e. The fourth-order valence-electron chi connectivity index (χ4n) is 6.99. The average Bonchev–Trinajstić information content (AvgIpc) is 3.66. The first-order valence-electron chi connectivity index (χ1n) is 19.6. The van der Waals surface area contributed by atoms with Gasteiger partial charge in [-0.15, -0.1) is 0 Å². The number of likely N-dealkylation sites (N-methyl/N-ethyl adjacent to an activating group) is 2. The number of carbonyl (C=O) groups is 3. The summed E-state index contributed by atoms with van der Waals surface area (Å²) < 4.78 is 83.9. The quantitative estimate of drug-likeness (QED) is 0.131. The molecule has 0 saturated heterocycles. The molecule has 20 nitrogen and oxygen atoms in total. The predicted octanol–water partition coefficient (Wildman–Crippen LogP) is 3.39. The molecule has 0 saturated carbocycles. The molecule has 68 heavy (non-hydrogen) atoms. The number of hydrogen-bond donors (Lipinski definition) is 3. The number of rotatable bonds is 10. The van der Waals surface area contributed by atoms with Crippen molar-refractivity contribution in [3.8, 4) is 33.8 Å². The number of carboxylic acids is 1. The minimum absolute atomic E-state index is 0.00979. The Morgan fingerprint density at radius 2 is 0.956 bits per heavy atom. The lowest BCUT2D eigenvalue weighted by Gasteiger charge is -2.26. The molecule has 2 aromatic carbocycles.